The first-order chi connectivity index (χ1) is 11.6. The summed E-state index contributed by atoms with van der Waals surface area (Å²) >= 11 is 1.36. The van der Waals surface area contributed by atoms with Gasteiger partial charge in [0.25, 0.3) is 5.91 Å². The Labute approximate surface area is 143 Å². The maximum atomic E-state index is 12.3. The number of nitrogens with zero attached hydrogens (tertiary/aromatic N) is 4. The lowest BCUT2D eigenvalue weighted by Crippen LogP contribution is -2.24. The van der Waals surface area contributed by atoms with Crippen LogP contribution < -0.4 is 5.32 Å². The summed E-state index contributed by atoms with van der Waals surface area (Å²) < 4.78 is 0. The second-order valence-corrected chi connectivity index (χ2v) is 6.42. The molecule has 0 aliphatic carbocycles. The summed E-state index contributed by atoms with van der Waals surface area (Å²) in [5.74, 6) is 0.368. The van der Waals surface area contributed by atoms with Crippen LogP contribution >= 0.6 is 11.3 Å². The Morgan fingerprint density at radius 3 is 2.79 bits per heavy atom. The van der Waals surface area contributed by atoms with Crippen LogP contribution in [-0.2, 0) is 13.1 Å². The van der Waals surface area contributed by atoms with Gasteiger partial charge in [-0.05, 0) is 25.2 Å². The molecule has 3 rings (SSSR count). The van der Waals surface area contributed by atoms with Gasteiger partial charge in [-0.2, -0.15) is 5.10 Å². The third-order valence-electron chi connectivity index (χ3n) is 3.40. The quantitative estimate of drug-likeness (QED) is 0.715. The molecule has 0 fully saturated rings. The Morgan fingerprint density at radius 2 is 2.08 bits per heavy atom. The average Bonchev–Trinajstić information content (AvgIpc) is 3.24. The first kappa shape index (κ1) is 16.3. The highest BCUT2D eigenvalue weighted by Gasteiger charge is 2.13. The molecular weight excluding hydrogens is 324 g/mol. The SMILES string of the molecule is CN(C)Cc1ccccc1CNC(=O)c1csc(-c2ncn[nH]2)n1. The van der Waals surface area contributed by atoms with Crippen molar-refractivity contribution >= 4 is 17.2 Å². The number of thiazole rings is 1. The number of nitrogens with one attached hydrogen (secondary N) is 2. The molecule has 0 aliphatic heterocycles. The fraction of sp³-hybridized carbons (Fsp3) is 0.250. The van der Waals surface area contributed by atoms with Crippen LogP contribution in [0.3, 0.4) is 0 Å². The Kier molecular flexibility index (Phi) is 4.97. The zero-order valence-electron chi connectivity index (χ0n) is 13.5. The van der Waals surface area contributed by atoms with Gasteiger partial charge < -0.3 is 10.2 Å². The molecule has 7 nitrogen and oxygen atoms in total. The Balaban J connectivity index is 1.66. The smallest absolute Gasteiger partial charge is 0.271 e. The highest BCUT2D eigenvalue weighted by molar-refractivity contribution is 7.13. The van der Waals surface area contributed by atoms with E-state index < -0.39 is 0 Å². The highest BCUT2D eigenvalue weighted by Crippen LogP contribution is 2.19. The minimum atomic E-state index is -0.198. The van der Waals surface area contributed by atoms with Gasteiger partial charge in [0, 0.05) is 18.5 Å². The monoisotopic (exact) mass is 342 g/mol. The molecule has 0 spiro atoms. The minimum absolute atomic E-state index is 0.198. The summed E-state index contributed by atoms with van der Waals surface area (Å²) in [6.45, 7) is 1.30. The van der Waals surface area contributed by atoms with Crippen molar-refractivity contribution in [1.29, 1.82) is 0 Å². The number of hydrogen-bond donors (Lipinski definition) is 2. The maximum Gasteiger partial charge on any atom is 0.271 e. The second-order valence-electron chi connectivity index (χ2n) is 5.56. The molecule has 0 bridgehead atoms. The van der Waals surface area contributed by atoms with Crippen molar-refractivity contribution in [3.05, 3.63) is 52.8 Å². The molecule has 0 radical (unpaired) electrons. The summed E-state index contributed by atoms with van der Waals surface area (Å²) in [6, 6.07) is 8.09. The number of carbonyl (C=O) groups is 1. The Bertz CT molecular complexity index is 812. The van der Waals surface area contributed by atoms with Crippen molar-refractivity contribution in [2.24, 2.45) is 0 Å². The van der Waals surface area contributed by atoms with Gasteiger partial charge >= 0.3 is 0 Å². The summed E-state index contributed by atoms with van der Waals surface area (Å²) in [6.07, 6.45) is 1.41. The molecule has 3 aromatic rings. The zero-order valence-corrected chi connectivity index (χ0v) is 14.3. The molecule has 0 saturated carbocycles. The van der Waals surface area contributed by atoms with Crippen LogP contribution in [-0.4, -0.2) is 45.1 Å². The van der Waals surface area contributed by atoms with Crippen LogP contribution in [0, 0.1) is 0 Å². The third kappa shape index (κ3) is 3.84. The number of hydrogen-bond acceptors (Lipinski definition) is 6. The largest absolute Gasteiger partial charge is 0.347 e. The predicted molar refractivity (Wildman–Crippen MR) is 92.5 cm³/mol. The molecular formula is C16H18N6OS. The van der Waals surface area contributed by atoms with E-state index in [0.29, 0.717) is 23.1 Å². The Morgan fingerprint density at radius 1 is 1.29 bits per heavy atom. The van der Waals surface area contributed by atoms with E-state index in [-0.39, 0.29) is 5.91 Å². The minimum Gasteiger partial charge on any atom is -0.347 e. The van der Waals surface area contributed by atoms with Gasteiger partial charge in [-0.3, -0.25) is 9.89 Å². The van der Waals surface area contributed by atoms with Gasteiger partial charge in [0.1, 0.15) is 12.0 Å². The third-order valence-corrected chi connectivity index (χ3v) is 4.25. The van der Waals surface area contributed by atoms with E-state index in [9.17, 15) is 4.79 Å². The molecule has 0 unspecified atom stereocenters. The summed E-state index contributed by atoms with van der Waals surface area (Å²) in [4.78, 5) is 22.7. The van der Waals surface area contributed by atoms with E-state index >= 15 is 0 Å². The molecule has 2 heterocycles. The van der Waals surface area contributed by atoms with Crippen molar-refractivity contribution in [3.63, 3.8) is 0 Å². The first-order valence-electron chi connectivity index (χ1n) is 7.44. The second kappa shape index (κ2) is 7.33. The first-order valence-corrected chi connectivity index (χ1v) is 8.32. The number of aromatic nitrogens is 4. The molecule has 0 aliphatic rings. The normalized spacial score (nSPS) is 11.0. The van der Waals surface area contributed by atoms with Crippen LogP contribution in [0.25, 0.3) is 10.8 Å². The maximum absolute atomic E-state index is 12.3. The van der Waals surface area contributed by atoms with Crippen molar-refractivity contribution in [2.75, 3.05) is 14.1 Å². The predicted octanol–water partition coefficient (Wildman–Crippen LogP) is 1.92. The molecule has 1 aromatic carbocycles. The van der Waals surface area contributed by atoms with Gasteiger partial charge in [-0.1, -0.05) is 24.3 Å². The van der Waals surface area contributed by atoms with Crippen molar-refractivity contribution < 1.29 is 4.79 Å². The van der Waals surface area contributed by atoms with E-state index in [4.69, 9.17) is 0 Å². The van der Waals surface area contributed by atoms with Crippen molar-refractivity contribution in [3.8, 4) is 10.8 Å². The van der Waals surface area contributed by atoms with Gasteiger partial charge in [0.2, 0.25) is 0 Å². The molecule has 24 heavy (non-hydrogen) atoms. The summed E-state index contributed by atoms with van der Waals surface area (Å²) in [5.41, 5.74) is 2.69. The van der Waals surface area contributed by atoms with Crippen LogP contribution in [0.2, 0.25) is 0 Å². The van der Waals surface area contributed by atoms with E-state index in [1.807, 2.05) is 32.3 Å². The fourth-order valence-electron chi connectivity index (χ4n) is 2.29. The van der Waals surface area contributed by atoms with Gasteiger partial charge in [0.05, 0.1) is 0 Å². The lowest BCUT2D eigenvalue weighted by molar-refractivity contribution is 0.0946. The van der Waals surface area contributed by atoms with Gasteiger partial charge in [-0.15, -0.1) is 11.3 Å². The zero-order chi connectivity index (χ0) is 16.9. The topological polar surface area (TPSA) is 86.8 Å². The molecule has 2 N–H and O–H groups in total. The van der Waals surface area contributed by atoms with E-state index in [0.717, 1.165) is 12.1 Å². The highest BCUT2D eigenvalue weighted by atomic mass is 32.1. The summed E-state index contributed by atoms with van der Waals surface area (Å²) in [7, 11) is 4.05. The van der Waals surface area contributed by atoms with Crippen LogP contribution in [0.1, 0.15) is 21.6 Å². The number of amides is 1. The number of H-pyrrole nitrogens is 1. The molecule has 8 heteroatoms. The van der Waals surface area contributed by atoms with E-state index in [1.165, 1.54) is 23.2 Å². The molecule has 0 atom stereocenters. The molecule has 2 aromatic heterocycles. The number of carbonyl (C=O) groups excluding carboxylic acids is 1. The molecule has 124 valence electrons. The molecule has 1 amide bonds. The Hall–Kier alpha value is -2.58. The number of benzene rings is 1. The average molecular weight is 342 g/mol. The summed E-state index contributed by atoms with van der Waals surface area (Å²) in [5, 5.41) is 11.8. The van der Waals surface area contributed by atoms with Crippen molar-refractivity contribution in [2.45, 2.75) is 13.1 Å². The van der Waals surface area contributed by atoms with Gasteiger partial charge in [-0.25, -0.2) is 9.97 Å². The van der Waals surface area contributed by atoms with Crippen LogP contribution in [0.5, 0.6) is 0 Å². The van der Waals surface area contributed by atoms with Gasteiger partial charge in [0.15, 0.2) is 10.8 Å². The fourth-order valence-corrected chi connectivity index (χ4v) is 3.03. The number of rotatable bonds is 6. The van der Waals surface area contributed by atoms with E-state index in [2.05, 4.69) is 36.4 Å². The van der Waals surface area contributed by atoms with E-state index in [1.54, 1.807) is 5.38 Å². The number of aromatic amines is 1. The van der Waals surface area contributed by atoms with Crippen molar-refractivity contribution in [1.82, 2.24) is 30.4 Å². The van der Waals surface area contributed by atoms with Crippen LogP contribution in [0.4, 0.5) is 0 Å². The van der Waals surface area contributed by atoms with Crippen LogP contribution in [0.15, 0.2) is 36.0 Å². The standard InChI is InChI=1S/C16H18N6OS/c1-22(2)8-12-6-4-3-5-11(12)7-17-15(23)13-9-24-16(20-13)14-18-10-19-21-14/h3-6,9-10H,7-8H2,1-2H3,(H,17,23)(H,18,19,21). The lowest BCUT2D eigenvalue weighted by atomic mass is 10.1. The molecule has 0 saturated heterocycles. The lowest BCUT2D eigenvalue weighted by Gasteiger charge is -2.14.